The first-order valence-corrected chi connectivity index (χ1v) is 9.28. The lowest BCUT2D eigenvalue weighted by Crippen LogP contribution is -2.28. The minimum atomic E-state index is -0.355. The lowest BCUT2D eigenvalue weighted by atomic mass is 10.0. The topological polar surface area (TPSA) is 114 Å². The molecule has 2 atom stereocenters. The average molecular weight is 374 g/mol. The van der Waals surface area contributed by atoms with Crippen molar-refractivity contribution in [2.24, 2.45) is 7.05 Å². The highest BCUT2D eigenvalue weighted by atomic mass is 16.6. The number of nitrogens with one attached hydrogen (secondary N) is 3. The van der Waals surface area contributed by atoms with Crippen LogP contribution in [-0.2, 0) is 11.8 Å². The summed E-state index contributed by atoms with van der Waals surface area (Å²) >= 11 is 0. The Balaban J connectivity index is 1.54. The fraction of sp³-hybridized carbons (Fsp3) is 0.556. The summed E-state index contributed by atoms with van der Waals surface area (Å²) in [6.07, 6.45) is 2.90. The second kappa shape index (κ2) is 8.24. The van der Waals surface area contributed by atoms with Gasteiger partial charge >= 0.3 is 6.09 Å². The predicted octanol–water partition coefficient (Wildman–Crippen LogP) is 2.48. The van der Waals surface area contributed by atoms with E-state index in [1.54, 1.807) is 17.8 Å². The molecular formula is C18H26N6O3. The largest absolute Gasteiger partial charge is 0.446 e. The molecule has 2 heterocycles. The van der Waals surface area contributed by atoms with Gasteiger partial charge in [-0.3, -0.25) is 14.6 Å². The van der Waals surface area contributed by atoms with E-state index < -0.39 is 0 Å². The van der Waals surface area contributed by atoms with E-state index in [0.29, 0.717) is 18.1 Å². The number of ether oxygens (including phenoxy) is 1. The number of anilines is 1. The van der Waals surface area contributed by atoms with E-state index in [-0.39, 0.29) is 24.0 Å². The van der Waals surface area contributed by atoms with Gasteiger partial charge in [0.1, 0.15) is 11.8 Å². The molecule has 0 bridgehead atoms. The fourth-order valence-corrected chi connectivity index (χ4v) is 3.36. The van der Waals surface area contributed by atoms with E-state index >= 15 is 0 Å². The number of aromatic amines is 1. The molecule has 3 N–H and O–H groups in total. The van der Waals surface area contributed by atoms with Crippen LogP contribution in [0.1, 0.15) is 60.4 Å². The summed E-state index contributed by atoms with van der Waals surface area (Å²) in [5.74, 6) is 0.446. The van der Waals surface area contributed by atoms with Crippen LogP contribution in [0.4, 0.5) is 10.6 Å². The van der Waals surface area contributed by atoms with Crippen molar-refractivity contribution in [3.8, 4) is 0 Å². The third-order valence-electron chi connectivity index (χ3n) is 4.69. The van der Waals surface area contributed by atoms with Crippen LogP contribution in [0.15, 0.2) is 12.1 Å². The molecule has 2 aromatic heterocycles. The molecule has 9 heteroatoms. The second-order valence-corrected chi connectivity index (χ2v) is 6.92. The molecule has 0 aliphatic heterocycles. The smallest absolute Gasteiger partial charge is 0.407 e. The van der Waals surface area contributed by atoms with E-state index in [2.05, 4.69) is 25.9 Å². The van der Waals surface area contributed by atoms with Gasteiger partial charge in [0.25, 0.3) is 5.91 Å². The molecular weight excluding hydrogens is 348 g/mol. The lowest BCUT2D eigenvalue weighted by Gasteiger charge is -2.12. The number of carbonyl (C=O) groups excluding carboxylic acids is 2. The zero-order chi connectivity index (χ0) is 19.4. The quantitative estimate of drug-likeness (QED) is 0.719. The molecule has 9 nitrogen and oxygen atoms in total. The molecule has 1 aliphatic rings. The van der Waals surface area contributed by atoms with Gasteiger partial charge in [0.05, 0.1) is 5.69 Å². The van der Waals surface area contributed by atoms with Crippen LogP contribution in [-0.4, -0.2) is 44.6 Å². The summed E-state index contributed by atoms with van der Waals surface area (Å²) in [7, 11) is 1.73. The minimum Gasteiger partial charge on any atom is -0.446 e. The molecule has 2 amide bonds. The van der Waals surface area contributed by atoms with Crippen molar-refractivity contribution < 1.29 is 14.3 Å². The standard InChI is InChI=1S/C18H26N6O3/c1-4-7-19-18(26)27-13-6-5-12(9-13)14-10-16(22-21-14)20-17(25)15-8-11(2)23-24(15)3/h8,10,12-13H,4-7,9H2,1-3H3,(H,19,26)(H2,20,21,22,25). The molecule has 2 aromatic rings. The molecule has 1 saturated carbocycles. The molecule has 146 valence electrons. The van der Waals surface area contributed by atoms with Gasteiger partial charge in [-0.2, -0.15) is 10.2 Å². The Morgan fingerprint density at radius 1 is 1.37 bits per heavy atom. The number of alkyl carbamates (subject to hydrolysis) is 1. The Labute approximate surface area is 157 Å². The molecule has 27 heavy (non-hydrogen) atoms. The van der Waals surface area contributed by atoms with Gasteiger partial charge in [-0.05, 0) is 38.7 Å². The van der Waals surface area contributed by atoms with Crippen LogP contribution in [0.25, 0.3) is 0 Å². The van der Waals surface area contributed by atoms with E-state index in [0.717, 1.165) is 37.1 Å². The Bertz CT molecular complexity index is 812. The third-order valence-corrected chi connectivity index (χ3v) is 4.69. The van der Waals surface area contributed by atoms with Gasteiger partial charge in [-0.15, -0.1) is 0 Å². The summed E-state index contributed by atoms with van der Waals surface area (Å²) in [4.78, 5) is 24.0. The summed E-state index contributed by atoms with van der Waals surface area (Å²) in [6.45, 7) is 4.45. The molecule has 0 saturated heterocycles. The second-order valence-electron chi connectivity index (χ2n) is 6.92. The molecule has 0 aromatic carbocycles. The lowest BCUT2D eigenvalue weighted by molar-refractivity contribution is 0.0997. The van der Waals surface area contributed by atoms with Gasteiger partial charge in [0.2, 0.25) is 0 Å². The number of aryl methyl sites for hydroxylation is 2. The van der Waals surface area contributed by atoms with Gasteiger partial charge in [0, 0.05) is 31.3 Å². The minimum absolute atomic E-state index is 0.0920. The van der Waals surface area contributed by atoms with Crippen molar-refractivity contribution >= 4 is 17.8 Å². The van der Waals surface area contributed by atoms with Gasteiger partial charge in [-0.25, -0.2) is 4.79 Å². The normalized spacial score (nSPS) is 19.1. The number of hydrogen-bond donors (Lipinski definition) is 3. The molecule has 1 fully saturated rings. The van der Waals surface area contributed by atoms with Crippen LogP contribution in [0.5, 0.6) is 0 Å². The predicted molar refractivity (Wildman–Crippen MR) is 99.6 cm³/mol. The molecule has 1 aliphatic carbocycles. The van der Waals surface area contributed by atoms with Crippen LogP contribution in [0.3, 0.4) is 0 Å². The zero-order valence-corrected chi connectivity index (χ0v) is 15.9. The maximum absolute atomic E-state index is 12.3. The number of H-pyrrole nitrogens is 1. The first-order valence-electron chi connectivity index (χ1n) is 9.28. The zero-order valence-electron chi connectivity index (χ0n) is 15.9. The van der Waals surface area contributed by atoms with Crippen LogP contribution < -0.4 is 10.6 Å². The van der Waals surface area contributed by atoms with E-state index in [4.69, 9.17) is 4.74 Å². The maximum atomic E-state index is 12.3. The van der Waals surface area contributed by atoms with Crippen LogP contribution in [0, 0.1) is 6.92 Å². The summed E-state index contributed by atoms with van der Waals surface area (Å²) in [5, 5.41) is 16.9. The Morgan fingerprint density at radius 2 is 2.19 bits per heavy atom. The molecule has 2 unspecified atom stereocenters. The van der Waals surface area contributed by atoms with E-state index in [1.165, 1.54) is 0 Å². The first kappa shape index (κ1) is 18.9. The van der Waals surface area contributed by atoms with Crippen LogP contribution in [0.2, 0.25) is 0 Å². The van der Waals surface area contributed by atoms with Gasteiger partial charge in [0.15, 0.2) is 5.82 Å². The Kier molecular flexibility index (Phi) is 5.78. The number of rotatable bonds is 6. The highest BCUT2D eigenvalue weighted by Crippen LogP contribution is 2.35. The van der Waals surface area contributed by atoms with Crippen LogP contribution >= 0.6 is 0 Å². The van der Waals surface area contributed by atoms with Crippen molar-refractivity contribution in [3.05, 3.63) is 29.2 Å². The summed E-state index contributed by atoms with van der Waals surface area (Å²) < 4.78 is 6.99. The fourth-order valence-electron chi connectivity index (χ4n) is 3.36. The number of carbonyl (C=O) groups is 2. The number of aromatic nitrogens is 4. The van der Waals surface area contributed by atoms with Crippen molar-refractivity contribution in [2.45, 2.75) is 51.6 Å². The van der Waals surface area contributed by atoms with Crippen molar-refractivity contribution in [3.63, 3.8) is 0 Å². The molecule has 0 spiro atoms. The van der Waals surface area contributed by atoms with Gasteiger partial charge < -0.3 is 15.4 Å². The molecule has 0 radical (unpaired) electrons. The third kappa shape index (κ3) is 4.66. The van der Waals surface area contributed by atoms with E-state index in [1.807, 2.05) is 19.9 Å². The average Bonchev–Trinajstić information content (AvgIpc) is 3.33. The first-order chi connectivity index (χ1) is 13.0. The van der Waals surface area contributed by atoms with Crippen molar-refractivity contribution in [1.29, 1.82) is 0 Å². The maximum Gasteiger partial charge on any atom is 0.407 e. The van der Waals surface area contributed by atoms with Crippen molar-refractivity contribution in [2.75, 3.05) is 11.9 Å². The number of hydrogen-bond acceptors (Lipinski definition) is 5. The monoisotopic (exact) mass is 374 g/mol. The Hall–Kier alpha value is -2.84. The van der Waals surface area contributed by atoms with Gasteiger partial charge in [-0.1, -0.05) is 6.92 Å². The molecule has 3 rings (SSSR count). The summed E-state index contributed by atoms with van der Waals surface area (Å²) in [6, 6.07) is 3.57. The SMILES string of the molecule is CCCNC(=O)OC1CCC(c2cc(NC(=O)c3cc(C)nn3C)n[nH]2)C1. The summed E-state index contributed by atoms with van der Waals surface area (Å²) in [5.41, 5.74) is 2.20. The van der Waals surface area contributed by atoms with Crippen molar-refractivity contribution in [1.82, 2.24) is 25.3 Å². The highest BCUT2D eigenvalue weighted by molar-refractivity contribution is 6.02. The number of nitrogens with zero attached hydrogens (tertiary/aromatic N) is 3. The van der Waals surface area contributed by atoms with E-state index in [9.17, 15) is 9.59 Å². The Morgan fingerprint density at radius 3 is 2.89 bits per heavy atom. The highest BCUT2D eigenvalue weighted by Gasteiger charge is 2.30. The number of amides is 2.